The standard InChI is InChI=1S/C23H26FN5O2S/c1-17-5-3-8-20(13-17)29-22(28-9-11-31-12-10-28)25-26-23(29)32-16-21(30)27(2)15-18-6-4-7-19(24)14-18/h3-8,13-14H,9-12,15-16H2,1-2H3. The molecule has 0 bridgehead atoms. The first-order valence-corrected chi connectivity index (χ1v) is 11.5. The van der Waals surface area contributed by atoms with Crippen LogP contribution in [0, 0.1) is 12.7 Å². The van der Waals surface area contributed by atoms with E-state index in [0.29, 0.717) is 24.9 Å². The van der Waals surface area contributed by atoms with E-state index in [2.05, 4.69) is 21.2 Å². The van der Waals surface area contributed by atoms with Crippen LogP contribution in [0.25, 0.3) is 5.69 Å². The average molecular weight is 456 g/mol. The average Bonchev–Trinajstić information content (AvgIpc) is 3.22. The van der Waals surface area contributed by atoms with Crippen molar-refractivity contribution in [3.8, 4) is 5.69 Å². The Morgan fingerprint density at radius 1 is 1.16 bits per heavy atom. The van der Waals surface area contributed by atoms with Crippen molar-refractivity contribution in [1.82, 2.24) is 19.7 Å². The summed E-state index contributed by atoms with van der Waals surface area (Å²) in [6, 6.07) is 14.4. The van der Waals surface area contributed by atoms with E-state index in [1.807, 2.05) is 35.8 Å². The van der Waals surface area contributed by atoms with Crippen molar-refractivity contribution in [3.63, 3.8) is 0 Å². The van der Waals surface area contributed by atoms with E-state index in [-0.39, 0.29) is 17.5 Å². The summed E-state index contributed by atoms with van der Waals surface area (Å²) in [5.74, 6) is 0.589. The Kier molecular flexibility index (Phi) is 7.06. The molecule has 1 aliphatic heterocycles. The van der Waals surface area contributed by atoms with Gasteiger partial charge in [-0.1, -0.05) is 36.0 Å². The van der Waals surface area contributed by atoms with Gasteiger partial charge in [-0.05, 0) is 42.3 Å². The molecule has 9 heteroatoms. The van der Waals surface area contributed by atoms with E-state index < -0.39 is 0 Å². The molecule has 0 radical (unpaired) electrons. The smallest absolute Gasteiger partial charge is 0.233 e. The van der Waals surface area contributed by atoms with Crippen LogP contribution in [0.5, 0.6) is 0 Å². The molecule has 1 fully saturated rings. The third-order valence-electron chi connectivity index (χ3n) is 5.23. The lowest BCUT2D eigenvalue weighted by atomic mass is 10.2. The van der Waals surface area contributed by atoms with Gasteiger partial charge < -0.3 is 14.5 Å². The van der Waals surface area contributed by atoms with E-state index in [1.165, 1.54) is 23.9 Å². The molecule has 0 spiro atoms. The SMILES string of the molecule is Cc1cccc(-n2c(SCC(=O)N(C)Cc3cccc(F)c3)nnc2N2CCOCC2)c1. The molecule has 0 atom stereocenters. The van der Waals surface area contributed by atoms with Gasteiger partial charge in [-0.15, -0.1) is 10.2 Å². The molecular weight excluding hydrogens is 429 g/mol. The highest BCUT2D eigenvalue weighted by atomic mass is 32.2. The van der Waals surface area contributed by atoms with Crippen LogP contribution in [-0.2, 0) is 16.1 Å². The number of hydrogen-bond donors (Lipinski definition) is 0. The third kappa shape index (κ3) is 5.28. The number of ether oxygens (including phenoxy) is 1. The number of anilines is 1. The maximum Gasteiger partial charge on any atom is 0.233 e. The fraction of sp³-hybridized carbons (Fsp3) is 0.348. The predicted octanol–water partition coefficient (Wildman–Crippen LogP) is 3.30. The molecule has 1 aliphatic rings. The van der Waals surface area contributed by atoms with E-state index in [0.717, 1.165) is 35.9 Å². The first kappa shape index (κ1) is 22.3. The first-order chi connectivity index (χ1) is 15.5. The second kappa shape index (κ2) is 10.1. The van der Waals surface area contributed by atoms with Gasteiger partial charge in [0, 0.05) is 26.7 Å². The Morgan fingerprint density at radius 3 is 2.69 bits per heavy atom. The Balaban J connectivity index is 1.51. The quantitative estimate of drug-likeness (QED) is 0.510. The summed E-state index contributed by atoms with van der Waals surface area (Å²) in [5, 5.41) is 9.50. The summed E-state index contributed by atoms with van der Waals surface area (Å²) in [5.41, 5.74) is 2.84. The number of hydrogen-bond acceptors (Lipinski definition) is 6. The fourth-order valence-electron chi connectivity index (χ4n) is 3.55. The van der Waals surface area contributed by atoms with Crippen LogP contribution < -0.4 is 4.90 Å². The molecular formula is C23H26FN5O2S. The molecule has 3 aromatic rings. The number of nitrogens with zero attached hydrogens (tertiary/aromatic N) is 5. The largest absolute Gasteiger partial charge is 0.378 e. The van der Waals surface area contributed by atoms with Crippen LogP contribution in [0.2, 0.25) is 0 Å². The van der Waals surface area contributed by atoms with Crippen LogP contribution in [0.15, 0.2) is 53.7 Å². The van der Waals surface area contributed by atoms with E-state index in [9.17, 15) is 9.18 Å². The molecule has 0 aliphatic carbocycles. The number of aromatic nitrogens is 3. The van der Waals surface area contributed by atoms with E-state index in [4.69, 9.17) is 4.74 Å². The molecule has 4 rings (SSSR count). The number of amides is 1. The van der Waals surface area contributed by atoms with E-state index >= 15 is 0 Å². The Labute approximate surface area is 191 Å². The fourth-order valence-corrected chi connectivity index (χ4v) is 4.44. The highest BCUT2D eigenvalue weighted by Gasteiger charge is 2.23. The van der Waals surface area contributed by atoms with Crippen molar-refractivity contribution in [2.75, 3.05) is 44.0 Å². The summed E-state index contributed by atoms with van der Waals surface area (Å²) >= 11 is 1.35. The zero-order valence-electron chi connectivity index (χ0n) is 18.2. The topological polar surface area (TPSA) is 63.5 Å². The maximum absolute atomic E-state index is 13.4. The predicted molar refractivity (Wildman–Crippen MR) is 123 cm³/mol. The van der Waals surface area contributed by atoms with Gasteiger partial charge in [0.2, 0.25) is 11.9 Å². The second-order valence-electron chi connectivity index (χ2n) is 7.72. The van der Waals surface area contributed by atoms with Crippen LogP contribution in [0.1, 0.15) is 11.1 Å². The van der Waals surface area contributed by atoms with Gasteiger partial charge in [-0.25, -0.2) is 4.39 Å². The van der Waals surface area contributed by atoms with Crippen molar-refractivity contribution in [2.45, 2.75) is 18.6 Å². The van der Waals surface area contributed by atoms with Crippen LogP contribution in [0.4, 0.5) is 10.3 Å². The molecule has 0 saturated carbocycles. The minimum Gasteiger partial charge on any atom is -0.378 e. The van der Waals surface area contributed by atoms with Crippen LogP contribution in [0.3, 0.4) is 0 Å². The van der Waals surface area contributed by atoms with Gasteiger partial charge in [0.25, 0.3) is 0 Å². The summed E-state index contributed by atoms with van der Waals surface area (Å²) in [7, 11) is 1.72. The van der Waals surface area contributed by atoms with Gasteiger partial charge in [0.1, 0.15) is 5.82 Å². The monoisotopic (exact) mass is 455 g/mol. The number of thioether (sulfide) groups is 1. The van der Waals surface area contributed by atoms with Crippen molar-refractivity contribution in [2.24, 2.45) is 0 Å². The maximum atomic E-state index is 13.4. The number of halogens is 1. The highest BCUT2D eigenvalue weighted by molar-refractivity contribution is 7.99. The van der Waals surface area contributed by atoms with Gasteiger partial charge in [0.05, 0.1) is 24.7 Å². The number of aryl methyl sites for hydroxylation is 1. The third-order valence-corrected chi connectivity index (χ3v) is 6.14. The molecule has 2 aromatic carbocycles. The Bertz CT molecular complexity index is 1080. The molecule has 7 nitrogen and oxygen atoms in total. The number of morpholine rings is 1. The second-order valence-corrected chi connectivity index (χ2v) is 8.67. The molecule has 0 unspecified atom stereocenters. The Morgan fingerprint density at radius 2 is 1.94 bits per heavy atom. The van der Waals surface area contributed by atoms with Crippen LogP contribution >= 0.6 is 11.8 Å². The van der Waals surface area contributed by atoms with Crippen molar-refractivity contribution >= 4 is 23.6 Å². The summed E-state index contributed by atoms with van der Waals surface area (Å²) in [6.45, 7) is 5.16. The molecule has 168 valence electrons. The lowest BCUT2D eigenvalue weighted by molar-refractivity contribution is -0.127. The van der Waals surface area contributed by atoms with Crippen molar-refractivity contribution in [1.29, 1.82) is 0 Å². The normalized spacial score (nSPS) is 13.9. The van der Waals surface area contributed by atoms with Gasteiger partial charge >= 0.3 is 0 Å². The van der Waals surface area contributed by atoms with Crippen molar-refractivity contribution in [3.05, 3.63) is 65.5 Å². The minimum atomic E-state index is -0.306. The zero-order chi connectivity index (χ0) is 22.5. The molecule has 1 amide bonds. The lowest BCUT2D eigenvalue weighted by Gasteiger charge is -2.28. The lowest BCUT2D eigenvalue weighted by Crippen LogP contribution is -2.37. The van der Waals surface area contributed by atoms with Crippen molar-refractivity contribution < 1.29 is 13.9 Å². The number of rotatable bonds is 7. The number of carbonyl (C=O) groups excluding carboxylic acids is 1. The number of carbonyl (C=O) groups is 1. The molecule has 0 N–H and O–H groups in total. The summed E-state index contributed by atoms with van der Waals surface area (Å²) in [4.78, 5) is 16.5. The van der Waals surface area contributed by atoms with Crippen LogP contribution in [-0.4, -0.2) is 64.7 Å². The van der Waals surface area contributed by atoms with Gasteiger partial charge in [0.15, 0.2) is 5.16 Å². The first-order valence-electron chi connectivity index (χ1n) is 10.5. The number of benzene rings is 2. The molecule has 1 aromatic heterocycles. The van der Waals surface area contributed by atoms with Gasteiger partial charge in [-0.2, -0.15) is 0 Å². The Hall–Kier alpha value is -2.91. The molecule has 2 heterocycles. The summed E-state index contributed by atoms with van der Waals surface area (Å²) < 4.78 is 20.9. The van der Waals surface area contributed by atoms with E-state index in [1.54, 1.807) is 18.0 Å². The van der Waals surface area contributed by atoms with Gasteiger partial charge in [-0.3, -0.25) is 9.36 Å². The highest BCUT2D eigenvalue weighted by Crippen LogP contribution is 2.28. The zero-order valence-corrected chi connectivity index (χ0v) is 19.0. The molecule has 1 saturated heterocycles. The summed E-state index contributed by atoms with van der Waals surface area (Å²) in [6.07, 6.45) is 0. The minimum absolute atomic E-state index is 0.0639. The molecule has 32 heavy (non-hydrogen) atoms.